The third kappa shape index (κ3) is 2.63. The highest BCUT2D eigenvalue weighted by atomic mass is 35.5. The first-order valence-corrected chi connectivity index (χ1v) is 7.37. The van der Waals surface area contributed by atoms with Gasteiger partial charge in [-0.1, -0.05) is 23.7 Å². The molecule has 0 fully saturated rings. The van der Waals surface area contributed by atoms with Crippen LogP contribution in [0.3, 0.4) is 0 Å². The molecule has 0 aliphatic rings. The molecule has 3 rings (SSSR count). The molecule has 0 unspecified atom stereocenters. The molecule has 2 heterocycles. The summed E-state index contributed by atoms with van der Waals surface area (Å²) in [5.41, 5.74) is 0.772. The lowest BCUT2D eigenvalue weighted by Gasteiger charge is -2.14. The minimum absolute atomic E-state index is 0.358. The highest BCUT2D eigenvalue weighted by Crippen LogP contribution is 2.20. The zero-order valence-electron chi connectivity index (χ0n) is 13.0. The second-order valence-corrected chi connectivity index (χ2v) is 5.95. The van der Waals surface area contributed by atoms with Crippen molar-refractivity contribution in [3.05, 3.63) is 55.7 Å². The third-order valence-corrected chi connectivity index (χ3v) is 3.89. The molecule has 1 aromatic carbocycles. The highest BCUT2D eigenvalue weighted by molar-refractivity contribution is 6.30. The Bertz CT molecular complexity index is 982. The van der Waals surface area contributed by atoms with Crippen molar-refractivity contribution in [1.29, 1.82) is 0 Å². The van der Waals surface area contributed by atoms with Gasteiger partial charge in [0.05, 0.1) is 6.54 Å². The van der Waals surface area contributed by atoms with Crippen LogP contribution in [0.15, 0.2) is 33.9 Å². The molecule has 0 aliphatic carbocycles. The van der Waals surface area contributed by atoms with Crippen LogP contribution in [0, 0.1) is 0 Å². The summed E-state index contributed by atoms with van der Waals surface area (Å²) in [6.07, 6.45) is 0. The Kier molecular flexibility index (Phi) is 3.73. The maximum Gasteiger partial charge on any atom is 0.329 e. The van der Waals surface area contributed by atoms with Crippen molar-refractivity contribution >= 4 is 28.7 Å². The molecule has 1 N–H and O–H groups in total. The number of aromatic amines is 1. The van der Waals surface area contributed by atoms with Crippen molar-refractivity contribution in [2.75, 3.05) is 19.0 Å². The number of halogens is 1. The average molecular weight is 334 g/mol. The number of aromatic nitrogens is 4. The molecule has 23 heavy (non-hydrogen) atoms. The molecule has 0 radical (unpaired) electrons. The van der Waals surface area contributed by atoms with Gasteiger partial charge in [-0.25, -0.2) is 4.79 Å². The van der Waals surface area contributed by atoms with Gasteiger partial charge in [-0.05, 0) is 17.7 Å². The van der Waals surface area contributed by atoms with Gasteiger partial charge >= 0.3 is 5.69 Å². The van der Waals surface area contributed by atoms with Gasteiger partial charge < -0.3 is 4.90 Å². The fourth-order valence-corrected chi connectivity index (χ4v) is 2.61. The maximum absolute atomic E-state index is 12.3. The van der Waals surface area contributed by atoms with E-state index < -0.39 is 11.2 Å². The Morgan fingerprint density at radius 3 is 2.48 bits per heavy atom. The number of rotatable bonds is 3. The summed E-state index contributed by atoms with van der Waals surface area (Å²) in [4.78, 5) is 32.6. The normalized spacial score (nSPS) is 11.1. The van der Waals surface area contributed by atoms with Crippen LogP contribution in [0.5, 0.6) is 0 Å². The first kappa shape index (κ1) is 15.4. The summed E-state index contributed by atoms with van der Waals surface area (Å²) in [5.74, 6) is 0.599. The number of imidazole rings is 1. The molecule has 2 aromatic heterocycles. The van der Waals surface area contributed by atoms with E-state index in [-0.39, 0.29) is 0 Å². The quantitative estimate of drug-likeness (QED) is 0.781. The van der Waals surface area contributed by atoms with Crippen LogP contribution in [0.25, 0.3) is 11.2 Å². The van der Waals surface area contributed by atoms with E-state index in [1.807, 2.05) is 26.2 Å². The Balaban J connectivity index is 2.27. The van der Waals surface area contributed by atoms with Crippen molar-refractivity contribution in [1.82, 2.24) is 19.1 Å². The second-order valence-electron chi connectivity index (χ2n) is 5.51. The van der Waals surface area contributed by atoms with Crippen LogP contribution in [0.2, 0.25) is 5.02 Å². The summed E-state index contributed by atoms with van der Waals surface area (Å²) >= 11 is 5.91. The number of nitrogens with one attached hydrogen (secondary N) is 1. The van der Waals surface area contributed by atoms with Crippen LogP contribution in [0.4, 0.5) is 5.95 Å². The third-order valence-electron chi connectivity index (χ3n) is 3.64. The number of anilines is 1. The fraction of sp³-hybridized carbons (Fsp3) is 0.267. The fourth-order valence-electron chi connectivity index (χ4n) is 2.49. The van der Waals surface area contributed by atoms with E-state index in [0.29, 0.717) is 28.7 Å². The van der Waals surface area contributed by atoms with E-state index in [0.717, 1.165) is 5.56 Å². The van der Waals surface area contributed by atoms with E-state index >= 15 is 0 Å². The van der Waals surface area contributed by atoms with Crippen LogP contribution >= 0.6 is 11.6 Å². The minimum Gasteiger partial charge on any atom is -0.348 e. The summed E-state index contributed by atoms with van der Waals surface area (Å²) < 4.78 is 3.12. The van der Waals surface area contributed by atoms with Gasteiger partial charge in [0.1, 0.15) is 0 Å². The lowest BCUT2D eigenvalue weighted by Crippen LogP contribution is -2.29. The average Bonchev–Trinajstić information content (AvgIpc) is 2.87. The molecule has 0 saturated carbocycles. The lowest BCUT2D eigenvalue weighted by atomic mass is 10.2. The number of hydrogen-bond donors (Lipinski definition) is 1. The monoisotopic (exact) mass is 333 g/mol. The van der Waals surface area contributed by atoms with Crippen molar-refractivity contribution in [2.45, 2.75) is 6.54 Å². The minimum atomic E-state index is -0.482. The van der Waals surface area contributed by atoms with Gasteiger partial charge in [-0.15, -0.1) is 0 Å². The Hall–Kier alpha value is -2.54. The summed E-state index contributed by atoms with van der Waals surface area (Å²) in [7, 11) is 5.26. The molecule has 0 atom stereocenters. The van der Waals surface area contributed by atoms with Gasteiger partial charge in [0.15, 0.2) is 11.2 Å². The zero-order chi connectivity index (χ0) is 16.7. The molecule has 0 spiro atoms. The van der Waals surface area contributed by atoms with E-state index in [1.165, 1.54) is 4.57 Å². The van der Waals surface area contributed by atoms with Gasteiger partial charge in [0.25, 0.3) is 5.56 Å². The first-order chi connectivity index (χ1) is 10.9. The number of nitrogens with zero attached hydrogens (tertiary/aromatic N) is 4. The zero-order valence-corrected chi connectivity index (χ0v) is 13.8. The highest BCUT2D eigenvalue weighted by Gasteiger charge is 2.18. The van der Waals surface area contributed by atoms with Gasteiger partial charge in [-0.3, -0.25) is 18.9 Å². The summed E-state index contributed by atoms with van der Waals surface area (Å²) in [6.45, 7) is 0.447. The standard InChI is InChI=1S/C15H16ClN5O2/c1-19(2)14-17-12-11(13(22)18-15(23)20(12)3)21(14)8-9-4-6-10(16)7-5-9/h4-7H,8H2,1-3H3,(H,18,22,23). The van der Waals surface area contributed by atoms with Gasteiger partial charge in [0.2, 0.25) is 5.95 Å². The molecule has 8 heteroatoms. The first-order valence-electron chi connectivity index (χ1n) is 7.00. The van der Waals surface area contributed by atoms with Crippen molar-refractivity contribution < 1.29 is 0 Å². The second kappa shape index (κ2) is 5.58. The Morgan fingerprint density at radius 2 is 1.87 bits per heavy atom. The van der Waals surface area contributed by atoms with Crippen LogP contribution in [0.1, 0.15) is 5.56 Å². The molecule has 0 bridgehead atoms. The van der Waals surface area contributed by atoms with Gasteiger partial charge in [0, 0.05) is 26.2 Å². The van der Waals surface area contributed by atoms with E-state index in [9.17, 15) is 9.59 Å². The van der Waals surface area contributed by atoms with Crippen LogP contribution in [-0.2, 0) is 13.6 Å². The van der Waals surface area contributed by atoms with E-state index in [4.69, 9.17) is 11.6 Å². The van der Waals surface area contributed by atoms with E-state index in [1.54, 1.807) is 28.6 Å². The SMILES string of the molecule is CN(C)c1nc2c(c(=O)[nH]c(=O)n2C)n1Cc1ccc(Cl)cc1. The molecule has 7 nitrogen and oxygen atoms in total. The maximum atomic E-state index is 12.3. The Morgan fingerprint density at radius 1 is 1.22 bits per heavy atom. The molecule has 0 saturated heterocycles. The number of H-pyrrole nitrogens is 1. The molecule has 0 aliphatic heterocycles. The number of benzene rings is 1. The molecule has 3 aromatic rings. The predicted octanol–water partition coefficient (Wildman–Crippen LogP) is 1.19. The van der Waals surface area contributed by atoms with Crippen LogP contribution in [-0.4, -0.2) is 33.2 Å². The summed E-state index contributed by atoms with van der Waals surface area (Å²) in [6, 6.07) is 7.38. The number of hydrogen-bond acceptors (Lipinski definition) is 4. The largest absolute Gasteiger partial charge is 0.348 e. The number of aryl methyl sites for hydroxylation is 1. The Labute approximate surface area is 136 Å². The van der Waals surface area contributed by atoms with Crippen molar-refractivity contribution in [3.8, 4) is 0 Å². The van der Waals surface area contributed by atoms with Crippen LogP contribution < -0.4 is 16.1 Å². The molecule has 120 valence electrons. The summed E-state index contributed by atoms with van der Waals surface area (Å²) in [5, 5.41) is 0.650. The predicted molar refractivity (Wildman–Crippen MR) is 90.5 cm³/mol. The van der Waals surface area contributed by atoms with E-state index in [2.05, 4.69) is 9.97 Å². The van der Waals surface area contributed by atoms with Gasteiger partial charge in [-0.2, -0.15) is 4.98 Å². The molecule has 0 amide bonds. The topological polar surface area (TPSA) is 75.9 Å². The lowest BCUT2D eigenvalue weighted by molar-refractivity contribution is 0.792. The molecular weight excluding hydrogens is 318 g/mol. The van der Waals surface area contributed by atoms with Crippen molar-refractivity contribution in [3.63, 3.8) is 0 Å². The van der Waals surface area contributed by atoms with Crippen molar-refractivity contribution in [2.24, 2.45) is 7.05 Å². The smallest absolute Gasteiger partial charge is 0.329 e. The number of fused-ring (bicyclic) bond motifs is 1. The molecular formula is C15H16ClN5O2.